The van der Waals surface area contributed by atoms with Crippen molar-refractivity contribution in [2.24, 2.45) is 0 Å². The molecule has 0 saturated heterocycles. The quantitative estimate of drug-likeness (QED) is 0.697. The van der Waals surface area contributed by atoms with Crippen LogP contribution >= 0.6 is 0 Å². The largest absolute Gasteiger partial charge is 0.465 e. The Kier molecular flexibility index (Phi) is 6.54. The first kappa shape index (κ1) is 17.7. The van der Waals surface area contributed by atoms with Gasteiger partial charge in [-0.3, -0.25) is 14.3 Å². The van der Waals surface area contributed by atoms with E-state index in [2.05, 4.69) is 5.10 Å². The van der Waals surface area contributed by atoms with Crippen LogP contribution in [0.25, 0.3) is 0 Å². The highest BCUT2D eigenvalue weighted by Gasteiger charge is 2.18. The summed E-state index contributed by atoms with van der Waals surface area (Å²) >= 11 is 0. The van der Waals surface area contributed by atoms with E-state index in [0.29, 0.717) is 25.3 Å². The summed E-state index contributed by atoms with van der Waals surface area (Å²) in [6, 6.07) is 9.26. The van der Waals surface area contributed by atoms with Crippen molar-refractivity contribution in [3.8, 4) is 0 Å². The van der Waals surface area contributed by atoms with E-state index in [1.54, 1.807) is 25.3 Å². The number of carbonyl (C=O) groups excluding carboxylic acids is 2. The molecule has 2 aromatic rings. The Hall–Kier alpha value is -2.63. The van der Waals surface area contributed by atoms with Crippen LogP contribution < -0.4 is 0 Å². The molecule has 1 amide bonds. The van der Waals surface area contributed by atoms with Crippen molar-refractivity contribution in [2.75, 3.05) is 19.7 Å². The third-order valence-corrected chi connectivity index (χ3v) is 3.51. The van der Waals surface area contributed by atoms with E-state index in [1.807, 2.05) is 36.0 Å². The predicted molar refractivity (Wildman–Crippen MR) is 90.6 cm³/mol. The van der Waals surface area contributed by atoms with Crippen LogP contribution in [0.5, 0.6) is 0 Å². The minimum atomic E-state index is -0.380. The summed E-state index contributed by atoms with van der Waals surface area (Å²) < 4.78 is 6.76. The van der Waals surface area contributed by atoms with Gasteiger partial charge in [0.2, 0.25) is 0 Å². The van der Waals surface area contributed by atoms with Gasteiger partial charge in [-0.15, -0.1) is 0 Å². The third kappa shape index (κ3) is 4.94. The van der Waals surface area contributed by atoms with E-state index >= 15 is 0 Å². The van der Waals surface area contributed by atoms with Crippen molar-refractivity contribution >= 4 is 11.9 Å². The molecule has 2 rings (SSSR count). The zero-order valence-corrected chi connectivity index (χ0v) is 14.1. The lowest BCUT2D eigenvalue weighted by molar-refractivity contribution is -0.143. The monoisotopic (exact) mass is 329 g/mol. The highest BCUT2D eigenvalue weighted by Crippen LogP contribution is 2.10. The summed E-state index contributed by atoms with van der Waals surface area (Å²) in [5, 5.41) is 4.16. The Morgan fingerprint density at radius 3 is 2.54 bits per heavy atom. The van der Waals surface area contributed by atoms with Crippen LogP contribution in [0.1, 0.15) is 36.2 Å². The fraction of sp³-hybridized carbons (Fsp3) is 0.389. The molecule has 0 fully saturated rings. The first-order chi connectivity index (χ1) is 11.6. The van der Waals surface area contributed by atoms with Crippen LogP contribution in [0, 0.1) is 0 Å². The lowest BCUT2D eigenvalue weighted by Gasteiger charge is -2.21. The van der Waals surface area contributed by atoms with Gasteiger partial charge in [0.05, 0.1) is 13.2 Å². The molecule has 0 atom stereocenters. The van der Waals surface area contributed by atoms with Gasteiger partial charge < -0.3 is 9.64 Å². The van der Waals surface area contributed by atoms with Gasteiger partial charge in [0, 0.05) is 24.5 Å². The van der Waals surface area contributed by atoms with Crippen molar-refractivity contribution in [3.63, 3.8) is 0 Å². The average Bonchev–Trinajstić information content (AvgIpc) is 3.08. The second kappa shape index (κ2) is 8.86. The normalized spacial score (nSPS) is 10.4. The number of hydrogen-bond acceptors (Lipinski definition) is 4. The molecule has 1 heterocycles. The molecule has 0 spiro atoms. The Morgan fingerprint density at radius 2 is 1.96 bits per heavy atom. The van der Waals surface area contributed by atoms with Gasteiger partial charge >= 0.3 is 5.97 Å². The molecular formula is C18H23N3O3. The summed E-state index contributed by atoms with van der Waals surface area (Å²) in [7, 11) is 0. The van der Waals surface area contributed by atoms with E-state index < -0.39 is 0 Å². The van der Waals surface area contributed by atoms with Crippen LogP contribution in [0.4, 0.5) is 0 Å². The minimum Gasteiger partial charge on any atom is -0.465 e. The Bertz CT molecular complexity index is 651. The van der Waals surface area contributed by atoms with Gasteiger partial charge in [0.15, 0.2) is 0 Å². The maximum atomic E-state index is 12.6. The fourth-order valence-corrected chi connectivity index (χ4v) is 2.40. The van der Waals surface area contributed by atoms with Crippen molar-refractivity contribution in [1.82, 2.24) is 14.7 Å². The number of esters is 1. The Balaban J connectivity index is 2.04. The van der Waals surface area contributed by atoms with E-state index in [9.17, 15) is 9.59 Å². The number of aromatic nitrogens is 2. The number of amides is 1. The number of rotatable bonds is 8. The standard InChI is InChI=1S/C18H23N3O3/c1-3-11-20(14-17(22)24-4-2)18(23)16-8-6-15(7-9-16)13-21-12-5-10-19-21/h5-10,12H,3-4,11,13-14H2,1-2H3. The lowest BCUT2D eigenvalue weighted by atomic mass is 10.1. The minimum absolute atomic E-state index is 0.0183. The van der Waals surface area contributed by atoms with Gasteiger partial charge in [-0.05, 0) is 37.1 Å². The van der Waals surface area contributed by atoms with E-state index in [0.717, 1.165) is 12.0 Å². The molecule has 0 unspecified atom stereocenters. The van der Waals surface area contributed by atoms with Crippen molar-refractivity contribution in [2.45, 2.75) is 26.8 Å². The third-order valence-electron chi connectivity index (χ3n) is 3.51. The molecule has 0 bridgehead atoms. The first-order valence-corrected chi connectivity index (χ1v) is 8.15. The van der Waals surface area contributed by atoms with Gasteiger partial charge in [-0.2, -0.15) is 5.10 Å². The smallest absolute Gasteiger partial charge is 0.325 e. The Labute approximate surface area is 142 Å². The van der Waals surface area contributed by atoms with Gasteiger partial charge in [-0.1, -0.05) is 19.1 Å². The maximum absolute atomic E-state index is 12.6. The molecule has 128 valence electrons. The summed E-state index contributed by atoms with van der Waals surface area (Å²) in [6.07, 6.45) is 4.40. The maximum Gasteiger partial charge on any atom is 0.325 e. The number of hydrogen-bond donors (Lipinski definition) is 0. The van der Waals surface area contributed by atoms with E-state index in [1.165, 1.54) is 4.90 Å². The van der Waals surface area contributed by atoms with Crippen molar-refractivity contribution in [3.05, 3.63) is 53.9 Å². The van der Waals surface area contributed by atoms with Gasteiger partial charge in [0.25, 0.3) is 5.91 Å². The second-order valence-corrected chi connectivity index (χ2v) is 5.43. The molecule has 1 aromatic heterocycles. The lowest BCUT2D eigenvalue weighted by Crippen LogP contribution is -2.37. The molecule has 0 radical (unpaired) electrons. The number of benzene rings is 1. The van der Waals surface area contributed by atoms with Crippen LogP contribution in [0.15, 0.2) is 42.7 Å². The molecule has 24 heavy (non-hydrogen) atoms. The molecule has 6 heteroatoms. The molecule has 0 aliphatic heterocycles. The topological polar surface area (TPSA) is 64.4 Å². The number of ether oxygens (including phenoxy) is 1. The second-order valence-electron chi connectivity index (χ2n) is 5.43. The van der Waals surface area contributed by atoms with Gasteiger partial charge in [-0.25, -0.2) is 0 Å². The average molecular weight is 329 g/mol. The van der Waals surface area contributed by atoms with E-state index in [-0.39, 0.29) is 18.4 Å². The van der Waals surface area contributed by atoms with Crippen LogP contribution in [0.3, 0.4) is 0 Å². The summed E-state index contributed by atoms with van der Waals surface area (Å²) in [6.45, 7) is 5.20. The van der Waals surface area contributed by atoms with Crippen LogP contribution in [0.2, 0.25) is 0 Å². The zero-order valence-electron chi connectivity index (χ0n) is 14.1. The van der Waals surface area contributed by atoms with Crippen molar-refractivity contribution in [1.29, 1.82) is 0 Å². The molecule has 0 N–H and O–H groups in total. The molecule has 0 aliphatic rings. The summed E-state index contributed by atoms with van der Waals surface area (Å²) in [5.41, 5.74) is 1.62. The SMILES string of the molecule is CCCN(CC(=O)OCC)C(=O)c1ccc(Cn2cccn2)cc1. The molecular weight excluding hydrogens is 306 g/mol. The zero-order chi connectivity index (χ0) is 17.4. The summed E-state index contributed by atoms with van der Waals surface area (Å²) in [4.78, 5) is 25.8. The first-order valence-electron chi connectivity index (χ1n) is 8.15. The van der Waals surface area contributed by atoms with E-state index in [4.69, 9.17) is 4.74 Å². The molecule has 0 saturated carbocycles. The Morgan fingerprint density at radius 1 is 1.21 bits per heavy atom. The number of nitrogens with zero attached hydrogens (tertiary/aromatic N) is 3. The fourth-order valence-electron chi connectivity index (χ4n) is 2.40. The molecule has 1 aromatic carbocycles. The highest BCUT2D eigenvalue weighted by molar-refractivity contribution is 5.96. The predicted octanol–water partition coefficient (Wildman–Crippen LogP) is 2.35. The molecule has 6 nitrogen and oxygen atoms in total. The number of carbonyl (C=O) groups is 2. The summed E-state index contributed by atoms with van der Waals surface area (Å²) in [5.74, 6) is -0.537. The highest BCUT2D eigenvalue weighted by atomic mass is 16.5. The van der Waals surface area contributed by atoms with Crippen molar-refractivity contribution < 1.29 is 14.3 Å². The molecule has 0 aliphatic carbocycles. The van der Waals surface area contributed by atoms with Crippen LogP contribution in [-0.4, -0.2) is 46.3 Å². The van der Waals surface area contributed by atoms with Crippen LogP contribution in [-0.2, 0) is 16.1 Å². The van der Waals surface area contributed by atoms with Gasteiger partial charge in [0.1, 0.15) is 6.54 Å².